The summed E-state index contributed by atoms with van der Waals surface area (Å²) in [6, 6.07) is 0. The second-order valence-corrected chi connectivity index (χ2v) is 2.72. The third-order valence-electron chi connectivity index (χ3n) is 1.10. The number of hydrogen-bond acceptors (Lipinski definition) is 3. The lowest BCUT2D eigenvalue weighted by atomic mass is 10.3. The van der Waals surface area contributed by atoms with Crippen molar-refractivity contribution in [3.05, 3.63) is 11.8 Å². The lowest BCUT2D eigenvalue weighted by Gasteiger charge is -2.11. The van der Waals surface area contributed by atoms with Gasteiger partial charge in [-0.05, 0) is 6.42 Å². The molecule has 0 aliphatic rings. The van der Waals surface area contributed by atoms with Crippen LogP contribution in [0.5, 0.6) is 0 Å². The molecule has 0 amide bonds. The fourth-order valence-electron chi connectivity index (χ4n) is 0.655. The van der Waals surface area contributed by atoms with Gasteiger partial charge < -0.3 is 15.1 Å². The van der Waals surface area contributed by atoms with Crippen molar-refractivity contribution in [2.75, 3.05) is 14.1 Å². The first-order valence-electron chi connectivity index (χ1n) is 4.13. The summed E-state index contributed by atoms with van der Waals surface area (Å²) < 4.78 is 0. The number of aliphatic carboxylic acids is 2. The van der Waals surface area contributed by atoms with E-state index in [1.807, 2.05) is 6.92 Å². The third-order valence-corrected chi connectivity index (χ3v) is 1.10. The van der Waals surface area contributed by atoms with Gasteiger partial charge in [-0.15, -0.1) is 0 Å². The van der Waals surface area contributed by atoms with Crippen LogP contribution in [0.3, 0.4) is 0 Å². The zero-order valence-corrected chi connectivity index (χ0v) is 8.94. The molecule has 0 spiro atoms. The minimum Gasteiger partial charge on any atom is -0.481 e. The van der Waals surface area contributed by atoms with Crippen LogP contribution in [0.1, 0.15) is 20.3 Å². The molecule has 0 aromatic carbocycles. The molecule has 14 heavy (non-hydrogen) atoms. The summed E-state index contributed by atoms with van der Waals surface area (Å²) >= 11 is 0. The highest BCUT2D eigenvalue weighted by Gasteiger charge is 2.06. The van der Waals surface area contributed by atoms with Crippen molar-refractivity contribution in [1.82, 2.24) is 4.90 Å². The molecule has 5 nitrogen and oxygen atoms in total. The van der Waals surface area contributed by atoms with Crippen LogP contribution >= 0.6 is 0 Å². The molecular formula is C9H17NO4. The van der Waals surface area contributed by atoms with Gasteiger partial charge in [-0.1, -0.05) is 13.0 Å². The van der Waals surface area contributed by atoms with E-state index in [0.29, 0.717) is 5.70 Å². The summed E-state index contributed by atoms with van der Waals surface area (Å²) in [5.74, 6) is -1.70. The molecule has 0 atom stereocenters. The number of allylic oxidation sites excluding steroid dienone is 1. The normalized spacial score (nSPS) is 9.86. The number of rotatable bonds is 3. The van der Waals surface area contributed by atoms with E-state index in [0.717, 1.165) is 13.3 Å². The maximum absolute atomic E-state index is 10.4. The number of carbonyl (C=O) groups is 2. The topological polar surface area (TPSA) is 77.8 Å². The van der Waals surface area contributed by atoms with Gasteiger partial charge in [0.15, 0.2) is 0 Å². The van der Waals surface area contributed by atoms with E-state index in [-0.39, 0.29) is 0 Å². The quantitative estimate of drug-likeness (QED) is 0.669. The molecule has 0 bridgehead atoms. The number of carboxylic acids is 2. The van der Waals surface area contributed by atoms with E-state index in [1.54, 1.807) is 25.1 Å². The summed E-state index contributed by atoms with van der Waals surface area (Å²) in [5.41, 5.74) is 0.350. The molecule has 5 heteroatoms. The first-order chi connectivity index (χ1) is 6.32. The maximum atomic E-state index is 10.4. The Morgan fingerprint density at radius 2 is 1.64 bits per heavy atom. The van der Waals surface area contributed by atoms with Crippen molar-refractivity contribution in [2.45, 2.75) is 20.3 Å². The van der Waals surface area contributed by atoms with Crippen LogP contribution in [-0.2, 0) is 9.59 Å². The molecule has 0 heterocycles. The van der Waals surface area contributed by atoms with Crippen LogP contribution in [0.2, 0.25) is 0 Å². The molecule has 0 radical (unpaired) electrons. The van der Waals surface area contributed by atoms with Gasteiger partial charge in [0.05, 0.1) is 0 Å². The van der Waals surface area contributed by atoms with Crippen molar-refractivity contribution in [2.24, 2.45) is 0 Å². The lowest BCUT2D eigenvalue weighted by Crippen LogP contribution is -2.18. The van der Waals surface area contributed by atoms with Crippen LogP contribution in [0.15, 0.2) is 11.8 Å². The summed E-state index contributed by atoms with van der Waals surface area (Å²) in [4.78, 5) is 21.0. The van der Waals surface area contributed by atoms with Crippen LogP contribution in [0.4, 0.5) is 0 Å². The Balaban J connectivity index is 0. The van der Waals surface area contributed by atoms with Gasteiger partial charge in [0.2, 0.25) is 0 Å². The Hall–Kier alpha value is -1.52. The number of likely N-dealkylation sites (N-methyl/N-ethyl adjacent to an activating group) is 1. The van der Waals surface area contributed by atoms with Crippen molar-refractivity contribution in [3.8, 4) is 0 Å². The highest BCUT2D eigenvalue weighted by atomic mass is 16.4. The second kappa shape index (κ2) is 8.10. The highest BCUT2D eigenvalue weighted by Crippen LogP contribution is 1.99. The summed E-state index contributed by atoms with van der Waals surface area (Å²) in [6.45, 7) is 2.99. The smallest absolute Gasteiger partial charge is 0.351 e. The second-order valence-electron chi connectivity index (χ2n) is 2.72. The van der Waals surface area contributed by atoms with Crippen LogP contribution < -0.4 is 0 Å². The van der Waals surface area contributed by atoms with E-state index >= 15 is 0 Å². The Bertz CT molecular complexity index is 217. The molecule has 0 unspecified atom stereocenters. The van der Waals surface area contributed by atoms with E-state index in [4.69, 9.17) is 15.0 Å². The van der Waals surface area contributed by atoms with Gasteiger partial charge in [0, 0.05) is 21.0 Å². The summed E-state index contributed by atoms with van der Waals surface area (Å²) in [5, 5.41) is 16.0. The van der Waals surface area contributed by atoms with Gasteiger partial charge in [0.25, 0.3) is 5.97 Å². The Labute approximate surface area is 83.6 Å². The maximum Gasteiger partial charge on any atom is 0.351 e. The average Bonchev–Trinajstić information content (AvgIpc) is 1.97. The first kappa shape index (κ1) is 15.0. The average molecular weight is 203 g/mol. The van der Waals surface area contributed by atoms with Crippen molar-refractivity contribution in [3.63, 3.8) is 0 Å². The Morgan fingerprint density at radius 3 is 1.71 bits per heavy atom. The van der Waals surface area contributed by atoms with Crippen molar-refractivity contribution in [1.29, 1.82) is 0 Å². The van der Waals surface area contributed by atoms with Crippen LogP contribution in [0.25, 0.3) is 0 Å². The Morgan fingerprint density at radius 1 is 1.29 bits per heavy atom. The van der Waals surface area contributed by atoms with Gasteiger partial charge >= 0.3 is 5.97 Å². The van der Waals surface area contributed by atoms with Crippen LogP contribution in [-0.4, -0.2) is 41.1 Å². The van der Waals surface area contributed by atoms with E-state index in [1.165, 1.54) is 0 Å². The predicted octanol–water partition coefficient (Wildman–Crippen LogP) is 1.02. The number of carboxylic acid groups (broad SMARTS) is 2. The van der Waals surface area contributed by atoms with E-state index < -0.39 is 11.9 Å². The first-order valence-corrected chi connectivity index (χ1v) is 4.13. The molecule has 0 saturated heterocycles. The van der Waals surface area contributed by atoms with E-state index in [9.17, 15) is 4.79 Å². The molecule has 0 saturated carbocycles. The molecule has 0 aliphatic carbocycles. The third kappa shape index (κ3) is 10.5. The van der Waals surface area contributed by atoms with Gasteiger partial charge in [-0.2, -0.15) is 0 Å². The molecular weight excluding hydrogens is 186 g/mol. The SMILES string of the molecule is CC(=O)O.CC/C=C(\C(=O)O)N(C)C. The summed E-state index contributed by atoms with van der Waals surface area (Å²) in [6.07, 6.45) is 2.43. The zero-order chi connectivity index (χ0) is 11.7. The van der Waals surface area contributed by atoms with Crippen LogP contribution in [0, 0.1) is 0 Å². The number of nitrogens with zero attached hydrogens (tertiary/aromatic N) is 1. The standard InChI is InChI=1S/C7H13NO2.C2H4O2/c1-4-5-6(7(9)10)8(2)3;1-2(3)4/h5H,4H2,1-3H3,(H,9,10);1H3,(H,3,4)/b6-5+;. The monoisotopic (exact) mass is 203 g/mol. The van der Waals surface area contributed by atoms with Gasteiger partial charge in [-0.3, -0.25) is 4.79 Å². The largest absolute Gasteiger partial charge is 0.481 e. The highest BCUT2D eigenvalue weighted by molar-refractivity contribution is 5.85. The molecule has 0 fully saturated rings. The molecule has 0 aromatic heterocycles. The van der Waals surface area contributed by atoms with Gasteiger partial charge in [0.1, 0.15) is 5.70 Å². The lowest BCUT2D eigenvalue weighted by molar-refractivity contribution is -0.135. The molecule has 0 rings (SSSR count). The minimum atomic E-state index is -0.869. The van der Waals surface area contributed by atoms with E-state index in [2.05, 4.69) is 0 Å². The predicted molar refractivity (Wildman–Crippen MR) is 53.0 cm³/mol. The molecule has 0 aliphatic heterocycles. The molecule has 0 aromatic rings. The van der Waals surface area contributed by atoms with Crippen molar-refractivity contribution >= 4 is 11.9 Å². The molecule has 82 valence electrons. The zero-order valence-electron chi connectivity index (χ0n) is 8.94. The fourth-order valence-corrected chi connectivity index (χ4v) is 0.655. The van der Waals surface area contributed by atoms with Gasteiger partial charge in [-0.25, -0.2) is 4.79 Å². The Kier molecular flexibility index (Phi) is 8.66. The number of hydrogen-bond donors (Lipinski definition) is 2. The fraction of sp³-hybridized carbons (Fsp3) is 0.556. The summed E-state index contributed by atoms with van der Waals surface area (Å²) in [7, 11) is 3.44. The molecule has 2 N–H and O–H groups in total. The van der Waals surface area contributed by atoms with Crippen molar-refractivity contribution < 1.29 is 19.8 Å². The minimum absolute atomic E-state index is 0.350.